The minimum atomic E-state index is -1.49. The van der Waals surface area contributed by atoms with Gasteiger partial charge in [-0.05, 0) is 24.8 Å². The van der Waals surface area contributed by atoms with Crippen LogP contribution < -0.4 is 21.7 Å². The Morgan fingerprint density at radius 1 is 0.939 bits per heavy atom. The second kappa shape index (κ2) is 13.5. The third kappa shape index (κ3) is 8.79. The van der Waals surface area contributed by atoms with Crippen LogP contribution in [0.1, 0.15) is 32.8 Å². The van der Waals surface area contributed by atoms with Gasteiger partial charge in [0.2, 0.25) is 17.7 Å². The van der Waals surface area contributed by atoms with Crippen LogP contribution in [0.2, 0.25) is 0 Å². The van der Waals surface area contributed by atoms with Crippen LogP contribution in [0.5, 0.6) is 0 Å². The molecule has 33 heavy (non-hydrogen) atoms. The minimum absolute atomic E-state index is 0.203. The standard InChI is InChI=1S/C22H34N4O7/c1-4-12(2)17(22(32)33)25-20(30)16(11-27)24-21(31)18(13(3)28)26-19(29)15(23)10-14-8-6-5-7-9-14/h5-9,12-13,15-18,27-28H,4,10-11,23H2,1-3H3,(H,24,31)(H,25,30)(H,26,29)(H,32,33). The lowest BCUT2D eigenvalue weighted by Gasteiger charge is -2.26. The summed E-state index contributed by atoms with van der Waals surface area (Å²) in [6.07, 6.45) is -0.659. The van der Waals surface area contributed by atoms with Gasteiger partial charge in [-0.1, -0.05) is 50.6 Å². The van der Waals surface area contributed by atoms with Gasteiger partial charge < -0.3 is 37.0 Å². The number of aliphatic hydroxyl groups excluding tert-OH is 2. The van der Waals surface area contributed by atoms with Crippen molar-refractivity contribution in [3.8, 4) is 0 Å². The lowest BCUT2D eigenvalue weighted by Crippen LogP contribution is -2.61. The second-order valence-electron chi connectivity index (χ2n) is 7.98. The zero-order chi connectivity index (χ0) is 25.1. The normalized spacial score (nSPS) is 16.4. The number of rotatable bonds is 13. The molecule has 1 rings (SSSR count). The first-order valence-electron chi connectivity index (χ1n) is 10.7. The largest absolute Gasteiger partial charge is 0.480 e. The molecule has 1 aromatic rings. The Hall–Kier alpha value is -3.02. The molecular weight excluding hydrogens is 432 g/mol. The van der Waals surface area contributed by atoms with E-state index in [0.29, 0.717) is 6.42 Å². The number of carbonyl (C=O) groups is 4. The summed E-state index contributed by atoms with van der Waals surface area (Å²) >= 11 is 0. The van der Waals surface area contributed by atoms with Crippen LogP contribution in [0, 0.1) is 5.92 Å². The van der Waals surface area contributed by atoms with Crippen molar-refractivity contribution in [3.05, 3.63) is 35.9 Å². The van der Waals surface area contributed by atoms with Crippen LogP contribution in [0.3, 0.4) is 0 Å². The highest BCUT2D eigenvalue weighted by atomic mass is 16.4. The summed E-state index contributed by atoms with van der Waals surface area (Å²) in [6, 6.07) is 3.84. The van der Waals surface area contributed by atoms with Crippen LogP contribution in [0.25, 0.3) is 0 Å². The second-order valence-corrected chi connectivity index (χ2v) is 7.98. The number of hydrogen-bond acceptors (Lipinski definition) is 7. The van der Waals surface area contributed by atoms with Crippen molar-refractivity contribution in [3.63, 3.8) is 0 Å². The van der Waals surface area contributed by atoms with Crippen LogP contribution in [0.15, 0.2) is 30.3 Å². The number of aliphatic carboxylic acids is 1. The molecule has 0 bridgehead atoms. The van der Waals surface area contributed by atoms with E-state index in [1.54, 1.807) is 38.1 Å². The van der Waals surface area contributed by atoms with Crippen molar-refractivity contribution in [1.29, 1.82) is 0 Å². The van der Waals surface area contributed by atoms with Crippen LogP contribution >= 0.6 is 0 Å². The Labute approximate surface area is 192 Å². The summed E-state index contributed by atoms with van der Waals surface area (Å²) in [4.78, 5) is 49.0. The molecule has 0 aliphatic carbocycles. The Kier molecular flexibility index (Phi) is 11.5. The fourth-order valence-electron chi connectivity index (χ4n) is 3.02. The molecular formula is C22H34N4O7. The number of aliphatic hydroxyl groups is 2. The summed E-state index contributed by atoms with van der Waals surface area (Å²) in [6.45, 7) is 3.85. The third-order valence-corrected chi connectivity index (χ3v) is 5.29. The van der Waals surface area contributed by atoms with Gasteiger partial charge in [0.1, 0.15) is 18.1 Å². The Morgan fingerprint density at radius 2 is 1.52 bits per heavy atom. The first kappa shape index (κ1) is 28.0. The summed E-state index contributed by atoms with van der Waals surface area (Å²) in [5, 5.41) is 35.8. The monoisotopic (exact) mass is 466 g/mol. The molecule has 0 heterocycles. The number of amides is 3. The highest BCUT2D eigenvalue weighted by molar-refractivity contribution is 5.94. The van der Waals surface area contributed by atoms with E-state index in [0.717, 1.165) is 5.56 Å². The Morgan fingerprint density at radius 3 is 2.00 bits per heavy atom. The smallest absolute Gasteiger partial charge is 0.326 e. The van der Waals surface area contributed by atoms with Gasteiger partial charge in [0.25, 0.3) is 0 Å². The van der Waals surface area contributed by atoms with E-state index in [4.69, 9.17) is 5.73 Å². The molecule has 0 spiro atoms. The molecule has 0 aromatic heterocycles. The summed E-state index contributed by atoms with van der Waals surface area (Å²) < 4.78 is 0. The summed E-state index contributed by atoms with van der Waals surface area (Å²) in [5.74, 6) is -4.17. The first-order chi connectivity index (χ1) is 15.5. The zero-order valence-corrected chi connectivity index (χ0v) is 19.0. The Balaban J connectivity index is 2.81. The molecule has 0 aliphatic heterocycles. The minimum Gasteiger partial charge on any atom is -0.480 e. The molecule has 0 radical (unpaired) electrons. The molecule has 11 nitrogen and oxygen atoms in total. The average Bonchev–Trinajstić information content (AvgIpc) is 2.78. The van der Waals surface area contributed by atoms with Crippen LogP contribution in [-0.2, 0) is 25.6 Å². The number of nitrogens with two attached hydrogens (primary N) is 1. The van der Waals surface area contributed by atoms with Gasteiger partial charge in [0.05, 0.1) is 18.8 Å². The fraction of sp³-hybridized carbons (Fsp3) is 0.545. The number of carboxylic acid groups (broad SMARTS) is 1. The summed E-state index contributed by atoms with van der Waals surface area (Å²) in [7, 11) is 0. The zero-order valence-electron chi connectivity index (χ0n) is 19.0. The van der Waals surface area contributed by atoms with E-state index in [2.05, 4.69) is 16.0 Å². The highest BCUT2D eigenvalue weighted by Gasteiger charge is 2.33. The van der Waals surface area contributed by atoms with Gasteiger partial charge in [0, 0.05) is 0 Å². The van der Waals surface area contributed by atoms with Gasteiger partial charge in [-0.25, -0.2) is 4.79 Å². The maximum atomic E-state index is 12.7. The van der Waals surface area contributed by atoms with E-state index in [1.165, 1.54) is 6.92 Å². The molecule has 8 N–H and O–H groups in total. The number of carbonyl (C=O) groups excluding carboxylic acids is 3. The molecule has 0 saturated carbocycles. The molecule has 0 fully saturated rings. The third-order valence-electron chi connectivity index (χ3n) is 5.29. The van der Waals surface area contributed by atoms with Gasteiger partial charge >= 0.3 is 5.97 Å². The maximum absolute atomic E-state index is 12.7. The lowest BCUT2D eigenvalue weighted by atomic mass is 9.99. The molecule has 6 unspecified atom stereocenters. The van der Waals surface area contributed by atoms with Crippen LogP contribution in [-0.4, -0.2) is 75.9 Å². The van der Waals surface area contributed by atoms with Crippen molar-refractivity contribution < 1.29 is 34.5 Å². The molecule has 6 atom stereocenters. The van der Waals surface area contributed by atoms with Crippen molar-refractivity contribution in [2.75, 3.05) is 6.61 Å². The van der Waals surface area contributed by atoms with Gasteiger partial charge in [-0.15, -0.1) is 0 Å². The van der Waals surface area contributed by atoms with Gasteiger partial charge in [-0.2, -0.15) is 0 Å². The number of nitrogens with one attached hydrogen (secondary N) is 3. The molecule has 3 amide bonds. The van der Waals surface area contributed by atoms with Crippen LogP contribution in [0.4, 0.5) is 0 Å². The van der Waals surface area contributed by atoms with Crippen molar-refractivity contribution in [2.45, 2.75) is 63.9 Å². The van der Waals surface area contributed by atoms with E-state index >= 15 is 0 Å². The summed E-state index contributed by atoms with van der Waals surface area (Å²) in [5.41, 5.74) is 6.72. The van der Waals surface area contributed by atoms with E-state index in [-0.39, 0.29) is 6.42 Å². The lowest BCUT2D eigenvalue weighted by molar-refractivity contribution is -0.144. The molecule has 1 aromatic carbocycles. The van der Waals surface area contributed by atoms with E-state index < -0.39 is 66.5 Å². The highest BCUT2D eigenvalue weighted by Crippen LogP contribution is 2.08. The molecule has 0 aliphatic rings. The predicted octanol–water partition coefficient (Wildman–Crippen LogP) is -1.49. The SMILES string of the molecule is CCC(C)C(NC(=O)C(CO)NC(=O)C(NC(=O)C(N)Cc1ccccc1)C(C)O)C(=O)O. The number of carboxylic acids is 1. The molecule has 0 saturated heterocycles. The Bertz CT molecular complexity index is 803. The van der Waals surface area contributed by atoms with Gasteiger partial charge in [-0.3, -0.25) is 14.4 Å². The average molecular weight is 467 g/mol. The number of benzene rings is 1. The van der Waals surface area contributed by atoms with Crippen molar-refractivity contribution in [2.24, 2.45) is 11.7 Å². The van der Waals surface area contributed by atoms with E-state index in [1.807, 2.05) is 6.07 Å². The molecule has 11 heteroatoms. The first-order valence-corrected chi connectivity index (χ1v) is 10.7. The van der Waals surface area contributed by atoms with Crippen molar-refractivity contribution >= 4 is 23.7 Å². The van der Waals surface area contributed by atoms with E-state index in [9.17, 15) is 34.5 Å². The quantitative estimate of drug-likeness (QED) is 0.183. The number of hydrogen-bond donors (Lipinski definition) is 7. The molecule has 184 valence electrons. The van der Waals surface area contributed by atoms with Gasteiger partial charge in [0.15, 0.2) is 0 Å². The van der Waals surface area contributed by atoms with Crippen molar-refractivity contribution in [1.82, 2.24) is 16.0 Å². The maximum Gasteiger partial charge on any atom is 0.326 e. The topological polar surface area (TPSA) is 191 Å². The fourth-order valence-corrected chi connectivity index (χ4v) is 3.02. The predicted molar refractivity (Wildman–Crippen MR) is 120 cm³/mol.